The van der Waals surface area contributed by atoms with Gasteiger partial charge in [-0.05, 0) is 59.1 Å². The molecular weight excluding hydrogens is 707 g/mol. The summed E-state index contributed by atoms with van der Waals surface area (Å²) in [5, 5.41) is 15.4. The van der Waals surface area contributed by atoms with Crippen molar-refractivity contribution in [2.45, 2.75) is 56.7 Å². The number of carbonyl (C=O) groups excluding carboxylic acids is 4. The molecule has 0 bridgehead atoms. The maximum absolute atomic E-state index is 13.8. The zero-order chi connectivity index (χ0) is 39.7. The maximum Gasteiger partial charge on any atom is 0.407 e. The molecule has 0 unspecified atom stereocenters. The lowest BCUT2D eigenvalue weighted by molar-refractivity contribution is -0.147. The summed E-state index contributed by atoms with van der Waals surface area (Å²) >= 11 is 0. The predicted molar refractivity (Wildman–Crippen MR) is 216 cm³/mol. The molecule has 4 aromatic rings. The van der Waals surface area contributed by atoms with Gasteiger partial charge in [-0.3, -0.25) is 9.59 Å². The van der Waals surface area contributed by atoms with Crippen LogP contribution in [0.5, 0.6) is 0 Å². The van der Waals surface area contributed by atoms with Crippen molar-refractivity contribution >= 4 is 23.9 Å². The largest absolute Gasteiger partial charge is 0.462 e. The molecule has 4 aromatic carbocycles. The molecule has 1 aliphatic rings. The van der Waals surface area contributed by atoms with Gasteiger partial charge in [0.2, 0.25) is 11.8 Å². The lowest BCUT2D eigenvalue weighted by Gasteiger charge is -2.26. The highest BCUT2D eigenvalue weighted by molar-refractivity contribution is 5.86. The van der Waals surface area contributed by atoms with E-state index in [1.807, 2.05) is 97.1 Å². The predicted octanol–water partition coefficient (Wildman–Crippen LogP) is 6.73. The van der Waals surface area contributed by atoms with E-state index in [4.69, 9.17) is 9.47 Å². The Labute approximate surface area is 329 Å². The topological polar surface area (TPSA) is 134 Å². The third kappa shape index (κ3) is 11.5. The number of allylic oxidation sites excluding steroid dienone is 2. The summed E-state index contributed by atoms with van der Waals surface area (Å²) in [5.74, 6) is -2.23. The highest BCUT2D eigenvalue weighted by atomic mass is 16.6. The summed E-state index contributed by atoms with van der Waals surface area (Å²) < 4.78 is 11.5. The molecule has 56 heavy (non-hydrogen) atoms. The first-order valence-corrected chi connectivity index (χ1v) is 19.1. The van der Waals surface area contributed by atoms with Gasteiger partial charge in [0.1, 0.15) is 19.3 Å². The monoisotopic (exact) mass is 757 g/mol. The molecule has 0 aliphatic heterocycles. The molecule has 0 fully saturated rings. The van der Waals surface area contributed by atoms with Crippen LogP contribution in [0.1, 0.15) is 53.9 Å². The molecule has 1 aliphatic carbocycles. The fourth-order valence-corrected chi connectivity index (χ4v) is 7.01. The van der Waals surface area contributed by atoms with Gasteiger partial charge < -0.3 is 30.1 Å². The summed E-state index contributed by atoms with van der Waals surface area (Å²) in [7, 11) is 0. The van der Waals surface area contributed by atoms with Crippen molar-refractivity contribution in [3.05, 3.63) is 157 Å². The first-order valence-electron chi connectivity index (χ1n) is 19.1. The average molecular weight is 758 g/mol. The van der Waals surface area contributed by atoms with Crippen molar-refractivity contribution in [2.75, 3.05) is 26.4 Å². The number of amides is 3. The average Bonchev–Trinajstić information content (AvgIpc) is 3.54. The molecule has 0 aromatic heterocycles. The molecule has 0 spiro atoms. The molecule has 10 nitrogen and oxygen atoms in total. The number of ether oxygens (including phenoxy) is 2. The normalized spacial score (nSPS) is 13.2. The molecule has 0 saturated heterocycles. The molecule has 10 heteroatoms. The van der Waals surface area contributed by atoms with Crippen LogP contribution in [0.15, 0.2) is 135 Å². The van der Waals surface area contributed by atoms with Crippen molar-refractivity contribution < 1.29 is 33.8 Å². The van der Waals surface area contributed by atoms with E-state index in [-0.39, 0.29) is 63.4 Å². The number of nitrogens with zero attached hydrogens (tertiary/aromatic N) is 1. The summed E-state index contributed by atoms with van der Waals surface area (Å²) in [6.45, 7) is 7.67. The van der Waals surface area contributed by atoms with Crippen molar-refractivity contribution in [1.29, 1.82) is 0 Å². The van der Waals surface area contributed by atoms with Crippen LogP contribution in [0.3, 0.4) is 0 Å². The lowest BCUT2D eigenvalue weighted by Crippen LogP contribution is -2.47. The molecule has 3 atom stereocenters. The molecule has 292 valence electrons. The van der Waals surface area contributed by atoms with Gasteiger partial charge in [0.25, 0.3) is 0 Å². The van der Waals surface area contributed by atoms with Gasteiger partial charge in [0.15, 0.2) is 0 Å². The summed E-state index contributed by atoms with van der Waals surface area (Å²) in [5.41, 5.74) is 6.17. The Balaban J connectivity index is 1.22. The lowest BCUT2D eigenvalue weighted by atomic mass is 9.98. The van der Waals surface area contributed by atoms with Crippen molar-refractivity contribution in [2.24, 2.45) is 5.92 Å². The summed E-state index contributed by atoms with van der Waals surface area (Å²) in [4.78, 5) is 55.5. The van der Waals surface area contributed by atoms with E-state index >= 15 is 0 Å². The molecule has 0 saturated carbocycles. The second-order valence-electron chi connectivity index (χ2n) is 13.9. The molecule has 0 radical (unpaired) electrons. The molecule has 3 amide bonds. The van der Waals surface area contributed by atoms with E-state index in [0.29, 0.717) is 19.4 Å². The van der Waals surface area contributed by atoms with E-state index in [1.165, 1.54) is 4.90 Å². The zero-order valence-electron chi connectivity index (χ0n) is 31.7. The summed E-state index contributed by atoms with van der Waals surface area (Å²) in [6.07, 6.45) is 3.65. The third-order valence-corrected chi connectivity index (χ3v) is 9.86. The maximum atomic E-state index is 13.8. The number of hydrogen-bond donors (Lipinski definition) is 3. The van der Waals surface area contributed by atoms with Crippen LogP contribution >= 0.6 is 0 Å². The van der Waals surface area contributed by atoms with E-state index < -0.39 is 30.1 Å². The Kier molecular flexibility index (Phi) is 15.6. The molecule has 3 N–H and O–H groups in total. The highest BCUT2D eigenvalue weighted by Crippen LogP contribution is 2.44. The summed E-state index contributed by atoms with van der Waals surface area (Å²) in [6, 6.07) is 33.3. The second kappa shape index (κ2) is 21.2. The number of hydrogen-bond acceptors (Lipinski definition) is 7. The molecule has 0 heterocycles. The molecular formula is C46H51N3O7. The van der Waals surface area contributed by atoms with Crippen LogP contribution in [0.25, 0.3) is 11.1 Å². The van der Waals surface area contributed by atoms with Crippen LogP contribution in [0.2, 0.25) is 0 Å². The second-order valence-corrected chi connectivity index (χ2v) is 13.9. The first kappa shape index (κ1) is 41.2. The van der Waals surface area contributed by atoms with Crippen molar-refractivity contribution in [1.82, 2.24) is 15.5 Å². The Morgan fingerprint density at radius 2 is 1.38 bits per heavy atom. The quantitative estimate of drug-likeness (QED) is 0.0634. The van der Waals surface area contributed by atoms with Gasteiger partial charge in [-0.2, -0.15) is 0 Å². The minimum atomic E-state index is -1.02. The SMILES string of the molecule is C=CCC[C@H](NC(=O)OCC1c2ccccc2-c2ccccc21)C(=O)OC[C@@H](Cc1ccccc1)NC(=O)[C@H](CC=C)CC(=O)N(CCO)Cc1ccccc1. The number of fused-ring (bicyclic) bond motifs is 3. The Hall–Kier alpha value is -6.00. The van der Waals surface area contributed by atoms with Gasteiger partial charge in [0.05, 0.1) is 18.6 Å². The number of aliphatic hydroxyl groups is 1. The van der Waals surface area contributed by atoms with E-state index in [0.717, 1.165) is 33.4 Å². The highest BCUT2D eigenvalue weighted by Gasteiger charge is 2.31. The van der Waals surface area contributed by atoms with Gasteiger partial charge in [0, 0.05) is 25.4 Å². The number of carbonyl (C=O) groups is 4. The number of nitrogens with one attached hydrogen (secondary N) is 2. The van der Waals surface area contributed by atoms with Crippen molar-refractivity contribution in [3.63, 3.8) is 0 Å². The van der Waals surface area contributed by atoms with Gasteiger partial charge >= 0.3 is 12.1 Å². The fraction of sp³-hybridized carbons (Fsp3) is 0.304. The van der Waals surface area contributed by atoms with Crippen LogP contribution < -0.4 is 10.6 Å². The number of alkyl carbamates (subject to hydrolysis) is 1. The van der Waals surface area contributed by atoms with E-state index in [1.54, 1.807) is 12.2 Å². The standard InChI is InChI=1S/C46H51N3O7/c1-3-5-25-42(48-46(54)56-32-41-39-23-14-12-21-37(39)38-22-13-15-24-40(38)41)45(53)55-31-36(28-33-17-8-6-9-18-33)47-44(52)35(16-4-2)29-43(51)49(26-27-50)30-34-19-10-7-11-20-34/h3-4,6-15,17-24,35-36,41-42,50H,1-2,5,16,25-32H2,(H,47,52)(H,48,54)/t35-,36-,42+/m1/s1. The smallest absolute Gasteiger partial charge is 0.407 e. The van der Waals surface area contributed by atoms with Gasteiger partial charge in [-0.25, -0.2) is 9.59 Å². The fourth-order valence-electron chi connectivity index (χ4n) is 7.01. The Morgan fingerprint density at radius 1 is 0.768 bits per heavy atom. The number of esters is 1. The minimum Gasteiger partial charge on any atom is -0.462 e. The van der Waals surface area contributed by atoms with Gasteiger partial charge in [-0.15, -0.1) is 13.2 Å². The first-order chi connectivity index (χ1) is 27.3. The number of benzene rings is 4. The van der Waals surface area contributed by atoms with Crippen LogP contribution in [0.4, 0.5) is 4.79 Å². The molecule has 5 rings (SSSR count). The van der Waals surface area contributed by atoms with E-state index in [2.05, 4.69) is 35.9 Å². The van der Waals surface area contributed by atoms with Crippen molar-refractivity contribution in [3.8, 4) is 11.1 Å². The Bertz CT molecular complexity index is 1890. The van der Waals surface area contributed by atoms with E-state index in [9.17, 15) is 24.3 Å². The minimum absolute atomic E-state index is 0.0899. The Morgan fingerprint density at radius 3 is 1.98 bits per heavy atom. The number of aliphatic hydroxyl groups excluding tert-OH is 1. The van der Waals surface area contributed by atoms with Crippen LogP contribution in [-0.4, -0.2) is 72.3 Å². The van der Waals surface area contributed by atoms with Crippen LogP contribution in [0, 0.1) is 5.92 Å². The zero-order valence-corrected chi connectivity index (χ0v) is 31.7. The van der Waals surface area contributed by atoms with Crippen LogP contribution in [-0.2, 0) is 36.8 Å². The van der Waals surface area contributed by atoms with Gasteiger partial charge in [-0.1, -0.05) is 121 Å². The third-order valence-electron chi connectivity index (χ3n) is 9.86. The number of rotatable bonds is 21.